The zero-order chi connectivity index (χ0) is 11.3. The number of alkyl halides is 2. The molecule has 0 heterocycles. The second-order valence-corrected chi connectivity index (χ2v) is 2.92. The number of nitrogens with zero attached hydrogens (tertiary/aromatic N) is 1. The van der Waals surface area contributed by atoms with Crippen molar-refractivity contribution in [3.05, 3.63) is 0 Å². The third-order valence-electron chi connectivity index (χ3n) is 1.80. The Morgan fingerprint density at radius 3 is 2.21 bits per heavy atom. The van der Waals surface area contributed by atoms with Gasteiger partial charge < -0.3 is 10.0 Å². The van der Waals surface area contributed by atoms with Gasteiger partial charge in [0.2, 0.25) is 0 Å². The molecule has 1 amide bonds. The van der Waals surface area contributed by atoms with Crippen LogP contribution >= 0.6 is 0 Å². The lowest BCUT2D eigenvalue weighted by atomic mass is 10.1. The first-order valence-corrected chi connectivity index (χ1v) is 4.19. The maximum absolute atomic E-state index is 12.0. The smallest absolute Gasteiger partial charge is 0.315 e. The predicted octanol–water partition coefficient (Wildman–Crippen LogP) is 0.821. The first-order valence-electron chi connectivity index (χ1n) is 4.19. The minimum atomic E-state index is -3.07. The molecule has 0 aromatic carbocycles. The molecule has 0 aliphatic rings. The van der Waals surface area contributed by atoms with Gasteiger partial charge in [-0.2, -0.15) is 8.78 Å². The van der Waals surface area contributed by atoms with E-state index in [0.717, 1.165) is 4.90 Å². The van der Waals surface area contributed by atoms with Gasteiger partial charge in [0.1, 0.15) is 0 Å². The molecule has 0 fully saturated rings. The summed E-state index contributed by atoms with van der Waals surface area (Å²) >= 11 is 0. The highest BCUT2D eigenvalue weighted by Crippen LogP contribution is 2.05. The molecule has 6 heteroatoms. The summed E-state index contributed by atoms with van der Waals surface area (Å²) in [4.78, 5) is 22.1. The van der Waals surface area contributed by atoms with Crippen molar-refractivity contribution in [2.24, 2.45) is 5.92 Å². The minimum Gasteiger partial charge on any atom is -0.481 e. The van der Waals surface area contributed by atoms with E-state index in [1.165, 1.54) is 13.8 Å². The fraction of sp³-hybridized carbons (Fsp3) is 0.750. The van der Waals surface area contributed by atoms with Crippen LogP contribution < -0.4 is 0 Å². The molecule has 1 atom stereocenters. The van der Waals surface area contributed by atoms with Crippen LogP contribution in [0.5, 0.6) is 0 Å². The summed E-state index contributed by atoms with van der Waals surface area (Å²) < 4.78 is 24.0. The Balaban J connectivity index is 4.29. The number of halogens is 2. The predicted molar refractivity (Wildman–Crippen MR) is 45.1 cm³/mol. The molecule has 0 rings (SSSR count). The lowest BCUT2D eigenvalue weighted by Gasteiger charge is -2.22. The highest BCUT2D eigenvalue weighted by molar-refractivity contribution is 5.80. The average molecular weight is 209 g/mol. The number of rotatable bonds is 5. The van der Waals surface area contributed by atoms with E-state index in [1.807, 2.05) is 0 Å². The summed E-state index contributed by atoms with van der Waals surface area (Å²) in [7, 11) is 0. The van der Waals surface area contributed by atoms with Crippen LogP contribution in [0.15, 0.2) is 0 Å². The summed E-state index contributed by atoms with van der Waals surface area (Å²) in [5, 5.41) is 8.52. The molecular formula is C8H13F2NO3. The number of carboxylic acid groups (broad SMARTS) is 1. The Hall–Kier alpha value is -1.20. The van der Waals surface area contributed by atoms with E-state index in [9.17, 15) is 18.4 Å². The SMILES string of the molecule is CCN(CC(C)C(=O)O)C(=O)C(F)F. The summed E-state index contributed by atoms with van der Waals surface area (Å²) in [6, 6.07) is 0. The van der Waals surface area contributed by atoms with E-state index in [4.69, 9.17) is 5.11 Å². The fourth-order valence-corrected chi connectivity index (χ4v) is 0.922. The van der Waals surface area contributed by atoms with Crippen molar-refractivity contribution >= 4 is 11.9 Å². The van der Waals surface area contributed by atoms with Crippen LogP contribution in [-0.2, 0) is 9.59 Å². The van der Waals surface area contributed by atoms with Crippen LogP contribution in [0.4, 0.5) is 8.78 Å². The lowest BCUT2D eigenvalue weighted by molar-refractivity contribution is -0.147. The van der Waals surface area contributed by atoms with Gasteiger partial charge in [0.25, 0.3) is 5.91 Å². The zero-order valence-electron chi connectivity index (χ0n) is 8.04. The Bertz CT molecular complexity index is 221. The van der Waals surface area contributed by atoms with Crippen molar-refractivity contribution in [3.63, 3.8) is 0 Å². The van der Waals surface area contributed by atoms with Gasteiger partial charge in [0.05, 0.1) is 5.92 Å². The average Bonchev–Trinajstić information content (AvgIpc) is 2.12. The molecule has 0 saturated heterocycles. The number of amides is 1. The normalized spacial score (nSPS) is 12.6. The molecule has 0 bridgehead atoms. The maximum Gasteiger partial charge on any atom is 0.315 e. The molecule has 1 N–H and O–H groups in total. The van der Waals surface area contributed by atoms with Crippen LogP contribution in [0.25, 0.3) is 0 Å². The van der Waals surface area contributed by atoms with E-state index < -0.39 is 24.2 Å². The van der Waals surface area contributed by atoms with E-state index in [-0.39, 0.29) is 13.1 Å². The number of carboxylic acids is 1. The van der Waals surface area contributed by atoms with Crippen molar-refractivity contribution in [1.82, 2.24) is 4.90 Å². The number of carbonyl (C=O) groups excluding carboxylic acids is 1. The fourth-order valence-electron chi connectivity index (χ4n) is 0.922. The minimum absolute atomic E-state index is 0.0841. The van der Waals surface area contributed by atoms with Crippen molar-refractivity contribution in [3.8, 4) is 0 Å². The standard InChI is InChI=1S/C8H13F2NO3/c1-3-11(7(12)6(9)10)4-5(2)8(13)14/h5-6H,3-4H2,1-2H3,(H,13,14). The summed E-state index contributed by atoms with van der Waals surface area (Å²) in [6.07, 6.45) is -3.07. The first kappa shape index (κ1) is 12.8. The number of carbonyl (C=O) groups is 2. The monoisotopic (exact) mass is 209 g/mol. The van der Waals surface area contributed by atoms with Crippen LogP contribution in [0.2, 0.25) is 0 Å². The molecule has 0 aliphatic heterocycles. The summed E-state index contributed by atoms with van der Waals surface area (Å²) in [5.74, 6) is -3.26. The Kier molecular flexibility index (Phi) is 5.04. The third-order valence-corrected chi connectivity index (χ3v) is 1.80. The molecule has 0 spiro atoms. The van der Waals surface area contributed by atoms with Gasteiger partial charge in [-0.05, 0) is 6.92 Å². The van der Waals surface area contributed by atoms with Crippen LogP contribution in [0.1, 0.15) is 13.8 Å². The van der Waals surface area contributed by atoms with Crippen molar-refractivity contribution in [1.29, 1.82) is 0 Å². The summed E-state index contributed by atoms with van der Waals surface area (Å²) in [6.45, 7) is 2.79. The van der Waals surface area contributed by atoms with E-state index in [0.29, 0.717) is 0 Å². The highest BCUT2D eigenvalue weighted by atomic mass is 19.3. The van der Waals surface area contributed by atoms with Gasteiger partial charge in [-0.25, -0.2) is 0 Å². The van der Waals surface area contributed by atoms with E-state index in [2.05, 4.69) is 0 Å². The molecule has 0 radical (unpaired) electrons. The highest BCUT2D eigenvalue weighted by Gasteiger charge is 2.25. The Labute approximate surface area is 80.5 Å². The Morgan fingerprint density at radius 2 is 1.93 bits per heavy atom. The second-order valence-electron chi connectivity index (χ2n) is 2.92. The van der Waals surface area contributed by atoms with E-state index >= 15 is 0 Å². The van der Waals surface area contributed by atoms with Crippen molar-refractivity contribution < 1.29 is 23.5 Å². The van der Waals surface area contributed by atoms with Crippen LogP contribution in [0.3, 0.4) is 0 Å². The number of aliphatic carboxylic acids is 1. The van der Waals surface area contributed by atoms with Crippen LogP contribution in [-0.4, -0.2) is 41.4 Å². The second kappa shape index (κ2) is 5.51. The molecule has 1 unspecified atom stereocenters. The molecule has 82 valence electrons. The van der Waals surface area contributed by atoms with Crippen LogP contribution in [0, 0.1) is 5.92 Å². The Morgan fingerprint density at radius 1 is 1.43 bits per heavy atom. The third kappa shape index (κ3) is 3.68. The molecule has 0 aliphatic carbocycles. The molecule has 14 heavy (non-hydrogen) atoms. The van der Waals surface area contributed by atoms with Gasteiger partial charge in [0, 0.05) is 13.1 Å². The van der Waals surface area contributed by atoms with Crippen molar-refractivity contribution in [2.45, 2.75) is 20.3 Å². The topological polar surface area (TPSA) is 57.6 Å². The maximum atomic E-state index is 12.0. The molecular weight excluding hydrogens is 196 g/mol. The molecule has 0 saturated carbocycles. The quantitative estimate of drug-likeness (QED) is 0.729. The molecule has 0 aromatic heterocycles. The largest absolute Gasteiger partial charge is 0.481 e. The van der Waals surface area contributed by atoms with E-state index in [1.54, 1.807) is 0 Å². The zero-order valence-corrected chi connectivity index (χ0v) is 8.04. The first-order chi connectivity index (χ1) is 6.40. The number of hydrogen-bond donors (Lipinski definition) is 1. The lowest BCUT2D eigenvalue weighted by Crippen LogP contribution is -2.40. The molecule has 0 aromatic rings. The molecule has 4 nitrogen and oxygen atoms in total. The van der Waals surface area contributed by atoms with Crippen molar-refractivity contribution in [2.75, 3.05) is 13.1 Å². The number of hydrogen-bond acceptors (Lipinski definition) is 2. The van der Waals surface area contributed by atoms with Gasteiger partial charge in [0.15, 0.2) is 0 Å². The van der Waals surface area contributed by atoms with Gasteiger partial charge in [-0.1, -0.05) is 6.92 Å². The summed E-state index contributed by atoms with van der Waals surface area (Å²) in [5.41, 5.74) is 0. The van der Waals surface area contributed by atoms with Gasteiger partial charge >= 0.3 is 12.4 Å². The van der Waals surface area contributed by atoms with Gasteiger partial charge in [-0.3, -0.25) is 9.59 Å². The van der Waals surface area contributed by atoms with Gasteiger partial charge in [-0.15, -0.1) is 0 Å².